The smallest absolute Gasteiger partial charge is 0.278 e. The van der Waals surface area contributed by atoms with Gasteiger partial charge in [-0.15, -0.1) is 5.10 Å². The Morgan fingerprint density at radius 3 is 1.98 bits per heavy atom. The molecule has 270 valence electrons. The first-order chi connectivity index (χ1) is 22.4. The molecule has 0 spiro atoms. The average molecular weight is 728 g/mol. The predicted octanol–water partition coefficient (Wildman–Crippen LogP) is 7.76. The van der Waals surface area contributed by atoms with Crippen molar-refractivity contribution in [3.05, 3.63) is 47.3 Å². The summed E-state index contributed by atoms with van der Waals surface area (Å²) in [7, 11) is -7.38. The number of rotatable bonds is 9. The maximum atomic E-state index is 12.8. The number of ether oxygens (including phenoxy) is 1. The van der Waals surface area contributed by atoms with Crippen LogP contribution in [-0.2, 0) is 18.0 Å². The average Bonchev–Trinajstić information content (AvgIpc) is 3.66. The molecule has 1 N–H and O–H groups in total. The summed E-state index contributed by atoms with van der Waals surface area (Å²) in [6.07, 6.45) is -0.241. The van der Waals surface area contributed by atoms with Gasteiger partial charge in [0.25, 0.3) is 5.56 Å². The van der Waals surface area contributed by atoms with Gasteiger partial charge >= 0.3 is 0 Å². The zero-order valence-corrected chi connectivity index (χ0v) is 35.1. The molecule has 12 nitrogen and oxygen atoms in total. The van der Waals surface area contributed by atoms with Crippen LogP contribution < -0.4 is 5.56 Å². The lowest BCUT2D eigenvalue weighted by molar-refractivity contribution is -0.105. The zero-order chi connectivity index (χ0) is 36.5. The number of aromatic nitrogens is 7. The summed E-state index contributed by atoms with van der Waals surface area (Å²) in [6.45, 7) is 33.5. The van der Waals surface area contributed by atoms with E-state index < -0.39 is 55.7 Å². The van der Waals surface area contributed by atoms with E-state index in [0.717, 1.165) is 11.0 Å². The number of hydrogen-bond donors (Lipinski definition) is 1. The highest BCUT2D eigenvalue weighted by molar-refractivity contribution is 6.75. The van der Waals surface area contributed by atoms with Gasteiger partial charge in [-0.05, 0) is 66.5 Å². The molecule has 0 bridgehead atoms. The maximum Gasteiger partial charge on any atom is 0.278 e. The molecule has 0 aliphatic carbocycles. The number of benzene rings is 1. The van der Waals surface area contributed by atoms with Crippen molar-refractivity contribution in [2.24, 2.45) is 0 Å². The molecule has 1 fully saturated rings. The Morgan fingerprint density at radius 2 is 1.39 bits per heavy atom. The van der Waals surface area contributed by atoms with Crippen LogP contribution in [0.5, 0.6) is 0 Å². The highest BCUT2D eigenvalue weighted by Crippen LogP contribution is 2.49. The van der Waals surface area contributed by atoms with Crippen LogP contribution in [-0.4, -0.2) is 77.8 Å². The number of hydrogen-bond acceptors (Lipinski definition) is 9. The van der Waals surface area contributed by atoms with Crippen LogP contribution >= 0.6 is 0 Å². The molecule has 1 aliphatic heterocycles. The first kappa shape index (κ1) is 37.7. The molecular formula is C34H57N7O5Si3. The molecule has 1 unspecified atom stereocenters. The zero-order valence-electron chi connectivity index (χ0n) is 32.1. The van der Waals surface area contributed by atoms with Crippen LogP contribution in [0, 0.1) is 0 Å². The van der Waals surface area contributed by atoms with Crippen LogP contribution in [0.15, 0.2) is 41.7 Å². The second kappa shape index (κ2) is 12.6. The van der Waals surface area contributed by atoms with Crippen LogP contribution in [0.2, 0.25) is 54.4 Å². The summed E-state index contributed by atoms with van der Waals surface area (Å²) in [5, 5.41) is 8.92. The fraction of sp³-hybridized carbons (Fsp3) is 0.676. The predicted molar refractivity (Wildman–Crippen MR) is 201 cm³/mol. The first-order valence-electron chi connectivity index (χ1n) is 17.3. The van der Waals surface area contributed by atoms with E-state index in [-0.39, 0.29) is 26.2 Å². The molecule has 5 rings (SSSR count). The number of nitrogens with zero attached hydrogens (tertiary/aromatic N) is 6. The Balaban J connectivity index is 1.78. The van der Waals surface area contributed by atoms with E-state index in [2.05, 4.69) is 122 Å². The van der Waals surface area contributed by atoms with E-state index in [1.807, 2.05) is 33.5 Å². The Morgan fingerprint density at radius 1 is 0.816 bits per heavy atom. The summed E-state index contributed by atoms with van der Waals surface area (Å²) in [6, 6.07) is 7.90. The lowest BCUT2D eigenvalue weighted by Gasteiger charge is -2.45. The molecule has 5 atom stereocenters. The van der Waals surface area contributed by atoms with Crippen LogP contribution in [0.25, 0.3) is 22.2 Å². The lowest BCUT2D eigenvalue weighted by atomic mass is 10.1. The SMILES string of the molecule is CC(C)(C)[Si](C)(C)OC([C@H]1O[C@@H](n2cnc3c(=O)[nH]cnc32)[C@H](O[Si](C)(C)C(C)(C)C)[C@@H]1O[Si](C)(C)C(C)(C)C)n1nnc2ccccc21. The standard InChI is InChI=1S/C34H57N7O5Si3/c1-32(2,3)47(10,11)44-25-26(31(46-49(14,15)34(7,8)9)41-23-19-17-16-18-22(23)38-39-41)43-30(27(25)45-48(12,13)33(4,5)6)40-21-37-24-28(40)35-20-36-29(24)42/h16-21,25-27,30-31H,1-15H3,(H,35,36,42)/t25-,26+,27-,30-,31?/m1/s1. The third-order valence-electron chi connectivity index (χ3n) is 11.5. The van der Waals surface area contributed by atoms with Crippen molar-refractivity contribution in [2.75, 3.05) is 0 Å². The van der Waals surface area contributed by atoms with Crippen LogP contribution in [0.1, 0.15) is 74.8 Å². The van der Waals surface area contributed by atoms with Gasteiger partial charge in [0.05, 0.1) is 18.2 Å². The second-order valence-electron chi connectivity index (χ2n) is 18.0. The second-order valence-corrected chi connectivity index (χ2v) is 32.3. The van der Waals surface area contributed by atoms with Crippen molar-refractivity contribution in [3.63, 3.8) is 0 Å². The highest BCUT2D eigenvalue weighted by atomic mass is 28.4. The van der Waals surface area contributed by atoms with Crippen molar-refractivity contribution in [1.29, 1.82) is 0 Å². The Labute approximate surface area is 293 Å². The normalized spacial score (nSPS) is 22.3. The third kappa shape index (κ3) is 7.04. The first-order valence-corrected chi connectivity index (χ1v) is 26.0. The van der Waals surface area contributed by atoms with Gasteiger partial charge in [-0.25, -0.2) is 14.6 Å². The molecule has 0 amide bonds. The van der Waals surface area contributed by atoms with Crippen molar-refractivity contribution in [1.82, 2.24) is 34.5 Å². The molecule has 1 aliphatic rings. The Kier molecular flexibility index (Phi) is 9.69. The van der Waals surface area contributed by atoms with E-state index in [1.165, 1.54) is 6.33 Å². The Bertz CT molecular complexity index is 1850. The number of nitrogens with one attached hydrogen (secondary N) is 1. The number of aromatic amines is 1. The molecule has 1 saturated heterocycles. The molecular weight excluding hydrogens is 671 g/mol. The van der Waals surface area contributed by atoms with E-state index >= 15 is 0 Å². The molecule has 0 saturated carbocycles. The van der Waals surface area contributed by atoms with E-state index in [0.29, 0.717) is 5.65 Å². The van der Waals surface area contributed by atoms with Crippen LogP contribution in [0.4, 0.5) is 0 Å². The minimum atomic E-state index is -2.46. The topological polar surface area (TPSA) is 131 Å². The monoisotopic (exact) mass is 727 g/mol. The van der Waals surface area contributed by atoms with Gasteiger partial charge in [0.1, 0.15) is 23.8 Å². The molecule has 4 heterocycles. The van der Waals surface area contributed by atoms with Crippen molar-refractivity contribution < 1.29 is 18.0 Å². The van der Waals surface area contributed by atoms with Crippen molar-refractivity contribution >= 4 is 47.1 Å². The summed E-state index contributed by atoms with van der Waals surface area (Å²) in [4.78, 5) is 24.5. The highest BCUT2D eigenvalue weighted by Gasteiger charge is 2.58. The molecule has 15 heteroatoms. The minimum Gasteiger partial charge on any atom is -0.408 e. The molecule has 49 heavy (non-hydrogen) atoms. The van der Waals surface area contributed by atoms with Crippen molar-refractivity contribution in [2.45, 2.75) is 147 Å². The molecule has 3 aromatic heterocycles. The van der Waals surface area contributed by atoms with Gasteiger partial charge in [0.15, 0.2) is 48.6 Å². The van der Waals surface area contributed by atoms with E-state index in [1.54, 1.807) is 6.33 Å². The summed E-state index contributed by atoms with van der Waals surface area (Å²) in [5.74, 6) is 0. The summed E-state index contributed by atoms with van der Waals surface area (Å²) >= 11 is 0. The van der Waals surface area contributed by atoms with Gasteiger partial charge in [0, 0.05) is 0 Å². The summed E-state index contributed by atoms with van der Waals surface area (Å²) in [5.41, 5.74) is 1.94. The van der Waals surface area contributed by atoms with Gasteiger partial charge in [-0.2, -0.15) is 0 Å². The molecule has 0 radical (unpaired) electrons. The molecule has 4 aromatic rings. The lowest BCUT2D eigenvalue weighted by Crippen LogP contribution is -2.55. The van der Waals surface area contributed by atoms with E-state index in [4.69, 9.17) is 23.2 Å². The van der Waals surface area contributed by atoms with Crippen LogP contribution in [0.3, 0.4) is 0 Å². The maximum absolute atomic E-state index is 12.8. The number of fused-ring (bicyclic) bond motifs is 2. The van der Waals surface area contributed by atoms with Gasteiger partial charge in [-0.3, -0.25) is 9.36 Å². The third-order valence-corrected chi connectivity index (χ3v) is 24.9. The minimum absolute atomic E-state index is 0.108. The fourth-order valence-electron chi connectivity index (χ4n) is 5.27. The fourth-order valence-corrected chi connectivity index (χ4v) is 9.05. The largest absolute Gasteiger partial charge is 0.408 e. The van der Waals surface area contributed by atoms with E-state index in [9.17, 15) is 4.79 Å². The number of para-hydroxylation sites is 1. The quantitative estimate of drug-likeness (QED) is 0.172. The number of imidazole rings is 1. The number of H-pyrrole nitrogens is 1. The van der Waals surface area contributed by atoms with Crippen molar-refractivity contribution in [3.8, 4) is 0 Å². The Hall–Kier alpha value is -2.54. The van der Waals surface area contributed by atoms with Gasteiger partial charge < -0.3 is 23.0 Å². The summed E-state index contributed by atoms with van der Waals surface area (Å²) < 4.78 is 33.2. The molecule has 1 aromatic carbocycles. The van der Waals surface area contributed by atoms with Gasteiger partial charge in [0.2, 0.25) is 0 Å². The van der Waals surface area contributed by atoms with Gasteiger partial charge in [-0.1, -0.05) is 79.7 Å².